The van der Waals surface area contributed by atoms with E-state index in [4.69, 9.17) is 0 Å². The van der Waals surface area contributed by atoms with E-state index in [0.29, 0.717) is 11.3 Å². The molecule has 7 heteroatoms. The Morgan fingerprint density at radius 1 is 1.16 bits per heavy atom. The monoisotopic (exact) mass is 342 g/mol. The number of amides is 2. The number of nitrogens with one attached hydrogen (secondary N) is 3. The van der Waals surface area contributed by atoms with Gasteiger partial charge < -0.3 is 15.6 Å². The molecular weight excluding hydrogens is 320 g/mol. The van der Waals surface area contributed by atoms with Crippen LogP contribution < -0.4 is 16.3 Å². The fourth-order valence-corrected chi connectivity index (χ4v) is 2.22. The number of nitrogens with zero attached hydrogens (tertiary/aromatic N) is 1. The lowest BCUT2D eigenvalue weighted by Crippen LogP contribution is -2.29. The van der Waals surface area contributed by atoms with Crippen molar-refractivity contribution in [2.24, 2.45) is 0 Å². The van der Waals surface area contributed by atoms with Crippen molar-refractivity contribution >= 4 is 11.8 Å². The van der Waals surface area contributed by atoms with E-state index in [9.17, 15) is 14.4 Å². The fraction of sp³-hybridized carbons (Fsp3) is 0.333. The summed E-state index contributed by atoms with van der Waals surface area (Å²) in [5.74, 6) is -0.638. The maximum absolute atomic E-state index is 12.3. The molecule has 2 aromatic rings. The molecule has 0 aliphatic heterocycles. The van der Waals surface area contributed by atoms with Crippen LogP contribution in [-0.2, 0) is 12.0 Å². The predicted molar refractivity (Wildman–Crippen MR) is 94.6 cm³/mol. The van der Waals surface area contributed by atoms with E-state index in [1.54, 1.807) is 37.4 Å². The zero-order chi connectivity index (χ0) is 18.6. The van der Waals surface area contributed by atoms with Crippen molar-refractivity contribution in [3.05, 3.63) is 63.3 Å². The fourth-order valence-electron chi connectivity index (χ4n) is 2.22. The molecule has 3 N–H and O–H groups in total. The molecule has 2 rings (SSSR count). The van der Waals surface area contributed by atoms with Crippen LogP contribution in [0.25, 0.3) is 0 Å². The van der Waals surface area contributed by atoms with E-state index in [2.05, 4.69) is 20.6 Å². The van der Waals surface area contributed by atoms with Gasteiger partial charge >= 0.3 is 5.69 Å². The Kier molecular flexibility index (Phi) is 5.36. The zero-order valence-electron chi connectivity index (χ0n) is 14.8. The van der Waals surface area contributed by atoms with Crippen LogP contribution in [0.3, 0.4) is 0 Å². The van der Waals surface area contributed by atoms with Gasteiger partial charge in [-0.15, -0.1) is 0 Å². The van der Waals surface area contributed by atoms with Crippen molar-refractivity contribution in [2.45, 2.75) is 32.7 Å². The second kappa shape index (κ2) is 7.29. The summed E-state index contributed by atoms with van der Waals surface area (Å²) in [6.07, 6.45) is 0. The average molecular weight is 342 g/mol. The predicted octanol–water partition coefficient (Wildman–Crippen LogP) is 1.36. The molecule has 0 aliphatic carbocycles. The Hall–Kier alpha value is -2.96. The van der Waals surface area contributed by atoms with Crippen molar-refractivity contribution in [2.75, 3.05) is 7.05 Å². The van der Waals surface area contributed by atoms with E-state index >= 15 is 0 Å². The first-order valence-corrected chi connectivity index (χ1v) is 7.92. The Morgan fingerprint density at radius 3 is 2.52 bits per heavy atom. The molecule has 0 aliphatic rings. The molecule has 0 saturated carbocycles. The summed E-state index contributed by atoms with van der Waals surface area (Å²) >= 11 is 0. The highest BCUT2D eigenvalue weighted by molar-refractivity contribution is 5.94. The highest BCUT2D eigenvalue weighted by Gasteiger charge is 2.18. The van der Waals surface area contributed by atoms with Crippen LogP contribution >= 0.6 is 0 Å². The van der Waals surface area contributed by atoms with Gasteiger partial charge in [0.25, 0.3) is 11.8 Å². The van der Waals surface area contributed by atoms with Gasteiger partial charge in [0.1, 0.15) is 5.69 Å². The lowest BCUT2D eigenvalue weighted by molar-refractivity contribution is 0.0943. The number of benzene rings is 1. The maximum Gasteiger partial charge on any atom is 0.345 e. The number of aromatic nitrogens is 2. The molecule has 0 atom stereocenters. The smallest absolute Gasteiger partial charge is 0.345 e. The van der Waals surface area contributed by atoms with Gasteiger partial charge in [0.15, 0.2) is 0 Å². The van der Waals surface area contributed by atoms with Gasteiger partial charge in [0.05, 0.1) is 0 Å². The number of hydrogen-bond acceptors (Lipinski definition) is 4. The average Bonchev–Trinajstić information content (AvgIpc) is 2.57. The Bertz CT molecular complexity index is 850. The Balaban J connectivity index is 2.15. The van der Waals surface area contributed by atoms with E-state index in [0.717, 1.165) is 5.56 Å². The molecule has 132 valence electrons. The van der Waals surface area contributed by atoms with E-state index in [1.807, 2.05) is 20.8 Å². The van der Waals surface area contributed by atoms with E-state index < -0.39 is 11.6 Å². The first kappa shape index (κ1) is 18.4. The number of carbonyl (C=O) groups excluding carboxylic acids is 2. The van der Waals surface area contributed by atoms with E-state index in [-0.39, 0.29) is 23.6 Å². The molecule has 0 fully saturated rings. The number of carbonyl (C=O) groups is 2. The standard InChI is InChI=1S/C18H22N4O3/c1-18(2,3)14-9-13(21-17(25)22-14)16(24)20-10-11-6-5-7-12(8-11)15(23)19-4/h5-9H,10H2,1-4H3,(H,19,23)(H,20,24)(H,21,22,25). The minimum Gasteiger partial charge on any atom is -0.355 e. The van der Waals surface area contributed by atoms with E-state index in [1.165, 1.54) is 0 Å². The Labute approximate surface area is 145 Å². The third-order valence-corrected chi connectivity index (χ3v) is 3.65. The van der Waals surface area contributed by atoms with Crippen molar-refractivity contribution in [1.29, 1.82) is 0 Å². The SMILES string of the molecule is CNC(=O)c1cccc(CNC(=O)c2cc(C(C)(C)C)[nH]c(=O)n2)c1. The van der Waals surface area contributed by atoms with Gasteiger partial charge in [0.2, 0.25) is 0 Å². The number of aromatic amines is 1. The normalized spacial score (nSPS) is 11.0. The third-order valence-electron chi connectivity index (χ3n) is 3.65. The second-order valence-electron chi connectivity index (χ2n) is 6.70. The molecular formula is C18H22N4O3. The molecule has 2 amide bonds. The molecule has 0 bridgehead atoms. The summed E-state index contributed by atoms with van der Waals surface area (Å²) in [7, 11) is 1.56. The molecule has 0 saturated heterocycles. The molecule has 25 heavy (non-hydrogen) atoms. The highest BCUT2D eigenvalue weighted by Crippen LogP contribution is 2.18. The van der Waals surface area contributed by atoms with Gasteiger partial charge in [-0.1, -0.05) is 32.9 Å². The van der Waals surface area contributed by atoms with Gasteiger partial charge in [-0.25, -0.2) is 4.79 Å². The van der Waals surface area contributed by atoms with Gasteiger partial charge in [-0.2, -0.15) is 4.98 Å². The molecule has 1 aromatic carbocycles. The molecule has 0 spiro atoms. The summed E-state index contributed by atoms with van der Waals surface area (Å²) in [4.78, 5) is 42.0. The lowest BCUT2D eigenvalue weighted by Gasteiger charge is -2.18. The molecule has 1 heterocycles. The minimum atomic E-state index is -0.556. The van der Waals surface area contributed by atoms with Crippen LogP contribution in [0, 0.1) is 0 Å². The largest absolute Gasteiger partial charge is 0.355 e. The summed E-state index contributed by atoms with van der Waals surface area (Å²) in [5, 5.41) is 5.27. The quantitative estimate of drug-likeness (QED) is 0.780. The molecule has 7 nitrogen and oxygen atoms in total. The number of H-pyrrole nitrogens is 1. The summed E-state index contributed by atoms with van der Waals surface area (Å²) in [6, 6.07) is 8.52. The third kappa shape index (κ3) is 4.76. The highest BCUT2D eigenvalue weighted by atomic mass is 16.2. The molecule has 0 unspecified atom stereocenters. The van der Waals surface area contributed by atoms with Crippen LogP contribution in [0.4, 0.5) is 0 Å². The van der Waals surface area contributed by atoms with Crippen molar-refractivity contribution in [3.63, 3.8) is 0 Å². The second-order valence-corrected chi connectivity index (χ2v) is 6.70. The van der Waals surface area contributed by atoms with Crippen LogP contribution in [0.5, 0.6) is 0 Å². The summed E-state index contributed by atoms with van der Waals surface area (Å²) in [5.41, 5.74) is 1.13. The van der Waals surface area contributed by atoms with Crippen molar-refractivity contribution in [3.8, 4) is 0 Å². The van der Waals surface area contributed by atoms with Gasteiger partial charge in [-0.05, 0) is 23.8 Å². The van der Waals surface area contributed by atoms with Crippen LogP contribution in [0.15, 0.2) is 35.1 Å². The zero-order valence-corrected chi connectivity index (χ0v) is 14.8. The summed E-state index contributed by atoms with van der Waals surface area (Å²) < 4.78 is 0. The lowest BCUT2D eigenvalue weighted by atomic mass is 9.91. The minimum absolute atomic E-state index is 0.0659. The first-order chi connectivity index (χ1) is 11.7. The van der Waals surface area contributed by atoms with Crippen LogP contribution in [-0.4, -0.2) is 28.8 Å². The summed E-state index contributed by atoms with van der Waals surface area (Å²) in [6.45, 7) is 6.03. The van der Waals surface area contributed by atoms with Crippen LogP contribution in [0.1, 0.15) is 52.9 Å². The van der Waals surface area contributed by atoms with Crippen molar-refractivity contribution in [1.82, 2.24) is 20.6 Å². The molecule has 1 aromatic heterocycles. The topological polar surface area (TPSA) is 104 Å². The molecule has 0 radical (unpaired) electrons. The number of rotatable bonds is 4. The first-order valence-electron chi connectivity index (χ1n) is 7.92. The van der Waals surface area contributed by atoms with Crippen LogP contribution in [0.2, 0.25) is 0 Å². The van der Waals surface area contributed by atoms with Gasteiger partial charge in [-0.3, -0.25) is 9.59 Å². The maximum atomic E-state index is 12.3. The van der Waals surface area contributed by atoms with Crippen molar-refractivity contribution < 1.29 is 9.59 Å². The number of hydrogen-bond donors (Lipinski definition) is 3. The Morgan fingerprint density at radius 2 is 1.88 bits per heavy atom. The van der Waals surface area contributed by atoms with Gasteiger partial charge in [0, 0.05) is 30.3 Å².